The summed E-state index contributed by atoms with van der Waals surface area (Å²) in [6, 6.07) is 16.7. The first-order valence-electron chi connectivity index (χ1n) is 8.22. The van der Waals surface area contributed by atoms with E-state index in [-0.39, 0.29) is 28.1 Å². The third-order valence-electron chi connectivity index (χ3n) is 4.26. The number of hydrogen-bond acceptors (Lipinski definition) is 5. The van der Waals surface area contributed by atoms with Gasteiger partial charge in [-0.2, -0.15) is 0 Å². The molecular formula is C21H11ClNO5-. The van der Waals surface area contributed by atoms with Crippen molar-refractivity contribution in [2.75, 3.05) is 4.90 Å². The summed E-state index contributed by atoms with van der Waals surface area (Å²) in [5.74, 6) is -1.88. The molecule has 0 bridgehead atoms. The van der Waals surface area contributed by atoms with E-state index >= 15 is 0 Å². The molecule has 28 heavy (non-hydrogen) atoms. The lowest BCUT2D eigenvalue weighted by Gasteiger charge is -2.15. The number of ether oxygens (including phenoxy) is 1. The van der Waals surface area contributed by atoms with Crippen molar-refractivity contribution in [1.29, 1.82) is 0 Å². The van der Waals surface area contributed by atoms with E-state index in [2.05, 4.69) is 0 Å². The molecule has 0 radical (unpaired) electrons. The van der Waals surface area contributed by atoms with Crippen molar-refractivity contribution in [3.05, 3.63) is 88.4 Å². The van der Waals surface area contributed by atoms with Crippen LogP contribution >= 0.6 is 11.6 Å². The highest BCUT2D eigenvalue weighted by atomic mass is 35.5. The standard InChI is InChI=1S/C21H12ClNO5/c22-13-7-9-15(10-8-13)28-17-6-2-5-16-18(17)20(25)23(19(16)24)14-4-1-3-12(11-14)21(26)27/h1-11H,(H,26,27)/p-1. The number of hydrogen-bond donors (Lipinski definition) is 0. The highest BCUT2D eigenvalue weighted by Crippen LogP contribution is 2.36. The molecule has 0 N–H and O–H groups in total. The Hall–Kier alpha value is -3.64. The molecule has 0 fully saturated rings. The van der Waals surface area contributed by atoms with Gasteiger partial charge in [0.25, 0.3) is 11.8 Å². The third-order valence-corrected chi connectivity index (χ3v) is 4.51. The molecule has 3 aromatic rings. The maximum absolute atomic E-state index is 13.0. The van der Waals surface area contributed by atoms with Crippen molar-refractivity contribution >= 4 is 35.1 Å². The van der Waals surface area contributed by atoms with Crippen molar-refractivity contribution in [2.45, 2.75) is 0 Å². The molecule has 4 rings (SSSR count). The zero-order valence-corrected chi connectivity index (χ0v) is 15.0. The fourth-order valence-electron chi connectivity index (χ4n) is 2.98. The van der Waals surface area contributed by atoms with Crippen LogP contribution in [0.5, 0.6) is 11.5 Å². The van der Waals surface area contributed by atoms with Gasteiger partial charge in [0.2, 0.25) is 0 Å². The Morgan fingerprint density at radius 3 is 2.36 bits per heavy atom. The van der Waals surface area contributed by atoms with E-state index in [0.29, 0.717) is 10.8 Å². The van der Waals surface area contributed by atoms with E-state index in [1.165, 1.54) is 30.3 Å². The van der Waals surface area contributed by atoms with E-state index in [1.54, 1.807) is 36.4 Å². The summed E-state index contributed by atoms with van der Waals surface area (Å²) in [5.41, 5.74) is 0.300. The number of carbonyl (C=O) groups is 3. The van der Waals surface area contributed by atoms with Gasteiger partial charge < -0.3 is 14.6 Å². The number of fused-ring (bicyclic) bond motifs is 1. The monoisotopic (exact) mass is 392 g/mol. The summed E-state index contributed by atoms with van der Waals surface area (Å²) in [7, 11) is 0. The maximum atomic E-state index is 13.0. The van der Waals surface area contributed by atoms with Gasteiger partial charge in [-0.25, -0.2) is 4.90 Å². The van der Waals surface area contributed by atoms with Crippen LogP contribution in [0.4, 0.5) is 5.69 Å². The molecule has 0 aliphatic carbocycles. The number of carbonyl (C=O) groups excluding carboxylic acids is 3. The predicted octanol–water partition coefficient (Wildman–Crippen LogP) is 3.30. The second kappa shape index (κ2) is 6.83. The van der Waals surface area contributed by atoms with Crippen molar-refractivity contribution in [3.63, 3.8) is 0 Å². The van der Waals surface area contributed by atoms with Gasteiger partial charge in [0, 0.05) is 5.02 Å². The van der Waals surface area contributed by atoms with Crippen LogP contribution in [0.15, 0.2) is 66.7 Å². The Kier molecular flexibility index (Phi) is 4.33. The van der Waals surface area contributed by atoms with Crippen LogP contribution in [0.1, 0.15) is 31.1 Å². The Balaban J connectivity index is 1.74. The molecule has 3 aromatic carbocycles. The van der Waals surface area contributed by atoms with Gasteiger partial charge in [-0.3, -0.25) is 9.59 Å². The smallest absolute Gasteiger partial charge is 0.269 e. The Labute approximate surface area is 164 Å². The minimum atomic E-state index is -1.40. The molecular weight excluding hydrogens is 382 g/mol. The van der Waals surface area contributed by atoms with E-state index in [1.807, 2.05) is 0 Å². The molecule has 138 valence electrons. The van der Waals surface area contributed by atoms with Gasteiger partial charge in [-0.1, -0.05) is 29.8 Å². The fraction of sp³-hybridized carbons (Fsp3) is 0. The quantitative estimate of drug-likeness (QED) is 0.636. The summed E-state index contributed by atoms with van der Waals surface area (Å²) < 4.78 is 5.78. The van der Waals surface area contributed by atoms with Gasteiger partial charge in [-0.15, -0.1) is 0 Å². The van der Waals surface area contributed by atoms with E-state index in [9.17, 15) is 19.5 Å². The summed E-state index contributed by atoms with van der Waals surface area (Å²) in [5, 5.41) is 11.6. The number of amides is 2. The molecule has 0 aromatic heterocycles. The lowest BCUT2D eigenvalue weighted by atomic mass is 10.1. The van der Waals surface area contributed by atoms with Gasteiger partial charge in [0.05, 0.1) is 22.8 Å². The molecule has 0 atom stereocenters. The van der Waals surface area contributed by atoms with Crippen molar-refractivity contribution in [2.24, 2.45) is 0 Å². The van der Waals surface area contributed by atoms with Crippen LogP contribution in [0.3, 0.4) is 0 Å². The lowest BCUT2D eigenvalue weighted by Crippen LogP contribution is -2.30. The second-order valence-electron chi connectivity index (χ2n) is 6.02. The van der Waals surface area contributed by atoms with E-state index in [0.717, 1.165) is 4.90 Å². The second-order valence-corrected chi connectivity index (χ2v) is 6.45. The SMILES string of the molecule is O=C([O-])c1cccc(N2C(=O)c3cccc(Oc4ccc(Cl)cc4)c3C2=O)c1. The number of benzene rings is 3. The fourth-order valence-corrected chi connectivity index (χ4v) is 3.10. The third kappa shape index (κ3) is 3.00. The van der Waals surface area contributed by atoms with Crippen LogP contribution in [-0.2, 0) is 0 Å². The summed E-state index contributed by atoms with van der Waals surface area (Å²) in [4.78, 5) is 37.8. The number of anilines is 1. The first-order valence-corrected chi connectivity index (χ1v) is 8.60. The number of rotatable bonds is 4. The molecule has 0 saturated carbocycles. The molecule has 6 nitrogen and oxygen atoms in total. The van der Waals surface area contributed by atoms with Gasteiger partial charge in [0.1, 0.15) is 11.5 Å². The van der Waals surface area contributed by atoms with Crippen molar-refractivity contribution in [1.82, 2.24) is 0 Å². The van der Waals surface area contributed by atoms with Crippen LogP contribution in [-0.4, -0.2) is 17.8 Å². The highest BCUT2D eigenvalue weighted by molar-refractivity contribution is 6.35. The molecule has 0 unspecified atom stereocenters. The number of aromatic carboxylic acids is 1. The summed E-state index contributed by atoms with van der Waals surface area (Å²) in [6.07, 6.45) is 0. The average Bonchev–Trinajstić information content (AvgIpc) is 2.95. The van der Waals surface area contributed by atoms with Crippen molar-refractivity contribution < 1.29 is 24.2 Å². The minimum absolute atomic E-state index is 0.112. The predicted molar refractivity (Wildman–Crippen MR) is 99.9 cm³/mol. The number of nitrogens with zero attached hydrogens (tertiary/aromatic N) is 1. The molecule has 0 saturated heterocycles. The number of imide groups is 1. The normalized spacial score (nSPS) is 12.8. The van der Waals surface area contributed by atoms with E-state index < -0.39 is 17.8 Å². The molecule has 1 aliphatic rings. The van der Waals surface area contributed by atoms with Crippen LogP contribution in [0, 0.1) is 0 Å². The number of carboxylic acid groups (broad SMARTS) is 1. The molecule has 7 heteroatoms. The number of halogens is 1. The zero-order valence-electron chi connectivity index (χ0n) is 14.2. The first-order chi connectivity index (χ1) is 13.5. The van der Waals surface area contributed by atoms with Crippen LogP contribution in [0.2, 0.25) is 5.02 Å². The largest absolute Gasteiger partial charge is 0.545 e. The molecule has 1 heterocycles. The Morgan fingerprint density at radius 2 is 1.64 bits per heavy atom. The topological polar surface area (TPSA) is 86.7 Å². The van der Waals surface area contributed by atoms with Crippen LogP contribution < -0.4 is 14.7 Å². The number of carboxylic acids is 1. The average molecular weight is 393 g/mol. The molecule has 0 spiro atoms. The lowest BCUT2D eigenvalue weighted by molar-refractivity contribution is -0.255. The Morgan fingerprint density at radius 1 is 0.929 bits per heavy atom. The maximum Gasteiger partial charge on any atom is 0.269 e. The van der Waals surface area contributed by atoms with E-state index in [4.69, 9.17) is 16.3 Å². The van der Waals surface area contributed by atoms with Crippen LogP contribution in [0.25, 0.3) is 0 Å². The Bertz CT molecular complexity index is 1120. The zero-order chi connectivity index (χ0) is 19.8. The van der Waals surface area contributed by atoms with Crippen molar-refractivity contribution in [3.8, 4) is 11.5 Å². The summed E-state index contributed by atoms with van der Waals surface area (Å²) in [6.45, 7) is 0. The van der Waals surface area contributed by atoms with Gasteiger partial charge in [-0.05, 0) is 54.1 Å². The highest BCUT2D eigenvalue weighted by Gasteiger charge is 2.39. The summed E-state index contributed by atoms with van der Waals surface area (Å²) >= 11 is 5.87. The molecule has 2 amide bonds. The van der Waals surface area contributed by atoms with Gasteiger partial charge >= 0.3 is 0 Å². The van der Waals surface area contributed by atoms with Gasteiger partial charge in [0.15, 0.2) is 0 Å². The minimum Gasteiger partial charge on any atom is -0.545 e. The molecule has 1 aliphatic heterocycles. The first kappa shape index (κ1) is 17.8.